The van der Waals surface area contributed by atoms with Crippen molar-refractivity contribution in [3.8, 4) is 0 Å². The number of aliphatic hydroxyl groups is 1. The Bertz CT molecular complexity index is 175. The van der Waals surface area contributed by atoms with Gasteiger partial charge in [-0.05, 0) is 32.1 Å². The summed E-state index contributed by atoms with van der Waals surface area (Å²) in [6.45, 7) is 5.52. The zero-order chi connectivity index (χ0) is 12.1. The molecule has 4 heteroatoms. The Morgan fingerprint density at radius 2 is 1.73 bits per heavy atom. The summed E-state index contributed by atoms with van der Waals surface area (Å²) in [6.07, 6.45) is -2.90. The predicted molar refractivity (Wildman–Crippen MR) is 54.6 cm³/mol. The molecule has 0 amide bonds. The van der Waals surface area contributed by atoms with Gasteiger partial charge in [0.2, 0.25) is 0 Å². The highest BCUT2D eigenvalue weighted by molar-refractivity contribution is 4.79. The van der Waals surface area contributed by atoms with Crippen LogP contribution in [0, 0.1) is 5.92 Å². The van der Waals surface area contributed by atoms with Crippen molar-refractivity contribution in [1.82, 2.24) is 0 Å². The van der Waals surface area contributed by atoms with Crippen molar-refractivity contribution in [2.24, 2.45) is 5.92 Å². The van der Waals surface area contributed by atoms with Crippen molar-refractivity contribution in [3.63, 3.8) is 0 Å². The summed E-state index contributed by atoms with van der Waals surface area (Å²) in [5, 5.41) is 9.94. The molecule has 0 heterocycles. The van der Waals surface area contributed by atoms with Gasteiger partial charge in [0, 0.05) is 6.42 Å². The molecule has 0 aliphatic heterocycles. The molecule has 0 spiro atoms. The highest BCUT2D eigenvalue weighted by atomic mass is 19.4. The molecule has 0 aromatic heterocycles. The second kappa shape index (κ2) is 5.73. The molecule has 2 atom stereocenters. The molecule has 0 aromatic carbocycles. The Balaban J connectivity index is 3.93. The van der Waals surface area contributed by atoms with Crippen LogP contribution in [0.1, 0.15) is 52.9 Å². The minimum Gasteiger partial charge on any atom is -0.390 e. The van der Waals surface area contributed by atoms with Crippen LogP contribution >= 0.6 is 0 Å². The third-order valence-corrected chi connectivity index (χ3v) is 2.93. The van der Waals surface area contributed by atoms with E-state index in [1.165, 1.54) is 0 Å². The van der Waals surface area contributed by atoms with E-state index in [-0.39, 0.29) is 18.8 Å². The summed E-state index contributed by atoms with van der Waals surface area (Å²) in [4.78, 5) is 0. The van der Waals surface area contributed by atoms with E-state index in [0.717, 1.165) is 12.8 Å². The fourth-order valence-electron chi connectivity index (χ4n) is 1.64. The Kier molecular flexibility index (Phi) is 5.63. The molecule has 0 saturated carbocycles. The van der Waals surface area contributed by atoms with E-state index < -0.39 is 18.2 Å². The quantitative estimate of drug-likeness (QED) is 0.728. The van der Waals surface area contributed by atoms with Crippen LogP contribution in [0.4, 0.5) is 13.2 Å². The summed E-state index contributed by atoms with van der Waals surface area (Å²) < 4.78 is 35.7. The third-order valence-electron chi connectivity index (χ3n) is 2.93. The van der Waals surface area contributed by atoms with Crippen LogP contribution in [0.15, 0.2) is 0 Å². The van der Waals surface area contributed by atoms with Gasteiger partial charge in [-0.2, -0.15) is 13.2 Å². The van der Waals surface area contributed by atoms with Crippen LogP contribution in [0.3, 0.4) is 0 Å². The van der Waals surface area contributed by atoms with Crippen LogP contribution in [-0.2, 0) is 0 Å². The maximum Gasteiger partial charge on any atom is 0.389 e. The molecule has 0 bridgehead atoms. The maximum atomic E-state index is 11.9. The zero-order valence-electron chi connectivity index (χ0n) is 9.69. The van der Waals surface area contributed by atoms with Crippen molar-refractivity contribution in [3.05, 3.63) is 0 Å². The summed E-state index contributed by atoms with van der Waals surface area (Å²) in [7, 11) is 0. The lowest BCUT2D eigenvalue weighted by Crippen LogP contribution is -2.33. The van der Waals surface area contributed by atoms with Gasteiger partial charge >= 0.3 is 6.18 Å². The first-order valence-corrected chi connectivity index (χ1v) is 5.48. The molecule has 2 unspecified atom stereocenters. The fraction of sp³-hybridized carbons (Fsp3) is 1.00. The molecule has 1 nitrogen and oxygen atoms in total. The standard InChI is InChI=1S/C11H21F3O/c1-4-6-9(2)10(3,15)7-5-8-11(12,13)14/h9,15H,4-8H2,1-3H3. The van der Waals surface area contributed by atoms with E-state index in [9.17, 15) is 18.3 Å². The summed E-state index contributed by atoms with van der Waals surface area (Å²) in [5.74, 6) is 0.0516. The predicted octanol–water partition coefficient (Wildman–Crippen LogP) is 3.91. The zero-order valence-corrected chi connectivity index (χ0v) is 9.69. The first-order chi connectivity index (χ1) is 6.69. The topological polar surface area (TPSA) is 20.2 Å². The molecule has 15 heavy (non-hydrogen) atoms. The monoisotopic (exact) mass is 226 g/mol. The van der Waals surface area contributed by atoms with Gasteiger partial charge in [0.05, 0.1) is 5.60 Å². The lowest BCUT2D eigenvalue weighted by molar-refractivity contribution is -0.138. The second-order valence-corrected chi connectivity index (χ2v) is 4.52. The lowest BCUT2D eigenvalue weighted by atomic mass is 9.83. The van der Waals surface area contributed by atoms with E-state index in [2.05, 4.69) is 0 Å². The molecular weight excluding hydrogens is 205 g/mol. The van der Waals surface area contributed by atoms with E-state index >= 15 is 0 Å². The minimum absolute atomic E-state index is 0.00452. The maximum absolute atomic E-state index is 11.9. The van der Waals surface area contributed by atoms with Crippen molar-refractivity contribution in [2.45, 2.75) is 64.7 Å². The highest BCUT2D eigenvalue weighted by Crippen LogP contribution is 2.30. The molecule has 0 saturated heterocycles. The highest BCUT2D eigenvalue weighted by Gasteiger charge is 2.31. The molecule has 0 radical (unpaired) electrons. The number of alkyl halides is 3. The molecule has 0 aliphatic rings. The van der Waals surface area contributed by atoms with Gasteiger partial charge in [0.1, 0.15) is 0 Å². The fourth-order valence-corrected chi connectivity index (χ4v) is 1.64. The van der Waals surface area contributed by atoms with E-state index in [4.69, 9.17) is 0 Å². The normalized spacial score (nSPS) is 18.6. The average Bonchev–Trinajstić information content (AvgIpc) is 2.01. The molecule has 92 valence electrons. The van der Waals surface area contributed by atoms with Crippen molar-refractivity contribution >= 4 is 0 Å². The van der Waals surface area contributed by atoms with Crippen molar-refractivity contribution < 1.29 is 18.3 Å². The van der Waals surface area contributed by atoms with Crippen LogP contribution in [0.2, 0.25) is 0 Å². The Morgan fingerprint density at radius 3 is 2.13 bits per heavy atom. The van der Waals surface area contributed by atoms with Crippen LogP contribution in [0.25, 0.3) is 0 Å². The molecule has 0 aromatic rings. The summed E-state index contributed by atoms with van der Waals surface area (Å²) >= 11 is 0. The van der Waals surface area contributed by atoms with Crippen molar-refractivity contribution in [1.29, 1.82) is 0 Å². The number of hydrogen-bond donors (Lipinski definition) is 1. The first-order valence-electron chi connectivity index (χ1n) is 5.48. The smallest absolute Gasteiger partial charge is 0.389 e. The van der Waals surface area contributed by atoms with E-state index in [0.29, 0.717) is 0 Å². The van der Waals surface area contributed by atoms with Gasteiger partial charge < -0.3 is 5.11 Å². The number of hydrogen-bond acceptors (Lipinski definition) is 1. The van der Waals surface area contributed by atoms with Gasteiger partial charge in [-0.15, -0.1) is 0 Å². The molecule has 1 N–H and O–H groups in total. The largest absolute Gasteiger partial charge is 0.390 e. The Morgan fingerprint density at radius 1 is 1.20 bits per heavy atom. The molecule has 0 aliphatic carbocycles. The minimum atomic E-state index is -4.11. The number of halogens is 3. The summed E-state index contributed by atoms with van der Waals surface area (Å²) in [5.41, 5.74) is -0.971. The van der Waals surface area contributed by atoms with Gasteiger partial charge in [0.25, 0.3) is 0 Å². The van der Waals surface area contributed by atoms with Gasteiger partial charge in [-0.25, -0.2) is 0 Å². The van der Waals surface area contributed by atoms with Gasteiger partial charge in [-0.3, -0.25) is 0 Å². The van der Waals surface area contributed by atoms with Crippen LogP contribution < -0.4 is 0 Å². The molecule has 0 fully saturated rings. The second-order valence-electron chi connectivity index (χ2n) is 4.52. The van der Waals surface area contributed by atoms with Crippen LogP contribution in [-0.4, -0.2) is 16.9 Å². The molecule has 0 rings (SSSR count). The van der Waals surface area contributed by atoms with Gasteiger partial charge in [0.15, 0.2) is 0 Å². The molecular formula is C11H21F3O. The van der Waals surface area contributed by atoms with E-state index in [1.54, 1.807) is 6.92 Å². The van der Waals surface area contributed by atoms with Crippen LogP contribution in [0.5, 0.6) is 0 Å². The lowest BCUT2D eigenvalue weighted by Gasteiger charge is -2.30. The average molecular weight is 226 g/mol. The number of rotatable bonds is 6. The third kappa shape index (κ3) is 6.77. The van der Waals surface area contributed by atoms with Gasteiger partial charge in [-0.1, -0.05) is 20.3 Å². The van der Waals surface area contributed by atoms with Crippen molar-refractivity contribution in [2.75, 3.05) is 0 Å². The van der Waals surface area contributed by atoms with E-state index in [1.807, 2.05) is 13.8 Å². The SMILES string of the molecule is CCCC(C)C(C)(O)CCCC(F)(F)F. The Labute approximate surface area is 89.7 Å². The first kappa shape index (κ1) is 14.8. The summed E-state index contributed by atoms with van der Waals surface area (Å²) in [6, 6.07) is 0. The Hall–Kier alpha value is -0.250.